The van der Waals surface area contributed by atoms with Crippen LogP contribution in [0.5, 0.6) is 11.5 Å². The summed E-state index contributed by atoms with van der Waals surface area (Å²) in [5.41, 5.74) is 3.01. The van der Waals surface area contributed by atoms with Crippen molar-refractivity contribution in [2.45, 2.75) is 19.4 Å². The fourth-order valence-electron chi connectivity index (χ4n) is 3.31. The minimum absolute atomic E-state index is 0.151. The first-order valence-electron chi connectivity index (χ1n) is 9.41. The van der Waals surface area contributed by atoms with Gasteiger partial charge in [-0.2, -0.15) is 5.10 Å². The molecule has 6 heteroatoms. The fraction of sp³-hybridized carbons (Fsp3) is 0.217. The monoisotopic (exact) mass is 390 g/mol. The summed E-state index contributed by atoms with van der Waals surface area (Å²) >= 11 is 0. The lowest BCUT2D eigenvalue weighted by molar-refractivity contribution is -0.135. The minimum atomic E-state index is -0.296. The van der Waals surface area contributed by atoms with Gasteiger partial charge in [-0.3, -0.25) is 4.79 Å². The van der Waals surface area contributed by atoms with Crippen LogP contribution in [0, 0.1) is 6.92 Å². The predicted molar refractivity (Wildman–Crippen MR) is 109 cm³/mol. The van der Waals surface area contributed by atoms with Gasteiger partial charge in [-0.15, -0.1) is 0 Å². The summed E-state index contributed by atoms with van der Waals surface area (Å²) in [7, 11) is 1.57. The first-order chi connectivity index (χ1) is 14.2. The molecule has 0 fully saturated rings. The number of methoxy groups -OCH3 is 1. The van der Waals surface area contributed by atoms with E-state index in [2.05, 4.69) is 5.10 Å². The van der Waals surface area contributed by atoms with Gasteiger partial charge in [0.2, 0.25) is 0 Å². The maximum Gasteiger partial charge on any atom is 0.281 e. The van der Waals surface area contributed by atoms with E-state index in [1.807, 2.05) is 55.5 Å². The number of benzene rings is 2. The highest BCUT2D eigenvalue weighted by Gasteiger charge is 2.35. The number of nitrogens with zero attached hydrogens (tertiary/aromatic N) is 2. The van der Waals surface area contributed by atoms with E-state index in [-0.39, 0.29) is 18.6 Å². The van der Waals surface area contributed by atoms with E-state index in [0.717, 1.165) is 11.3 Å². The zero-order valence-electron chi connectivity index (χ0n) is 16.4. The maximum atomic E-state index is 13.0. The number of aryl methyl sites for hydroxylation is 1. The number of carbonyl (C=O) groups is 1. The zero-order valence-corrected chi connectivity index (χ0v) is 16.4. The van der Waals surface area contributed by atoms with Crippen LogP contribution in [-0.4, -0.2) is 30.3 Å². The lowest BCUT2D eigenvalue weighted by Gasteiger charge is -2.20. The smallest absolute Gasteiger partial charge is 0.281 e. The van der Waals surface area contributed by atoms with Crippen molar-refractivity contribution >= 4 is 11.6 Å². The van der Waals surface area contributed by atoms with Gasteiger partial charge < -0.3 is 13.9 Å². The van der Waals surface area contributed by atoms with Crippen molar-refractivity contribution in [1.29, 1.82) is 0 Å². The average Bonchev–Trinajstić information content (AvgIpc) is 3.42. The second kappa shape index (κ2) is 8.22. The second-order valence-corrected chi connectivity index (χ2v) is 6.83. The standard InChI is InChI=1S/C23H22N2O4/c1-16-9-11-17(12-10-16)18-14-19(20-8-5-13-28-20)25(24-18)23(26)15-29-22-7-4-3-6-21(22)27-2/h3-13,19H,14-15H2,1-2H3/t19-/m0/s1. The van der Waals surface area contributed by atoms with Gasteiger partial charge in [-0.05, 0) is 36.8 Å². The van der Waals surface area contributed by atoms with Gasteiger partial charge in [0.1, 0.15) is 11.8 Å². The highest BCUT2D eigenvalue weighted by Crippen LogP contribution is 2.33. The largest absolute Gasteiger partial charge is 0.493 e. The minimum Gasteiger partial charge on any atom is -0.493 e. The molecule has 4 rings (SSSR count). The third-order valence-electron chi connectivity index (χ3n) is 4.84. The molecule has 0 aliphatic carbocycles. The Morgan fingerprint density at radius 3 is 2.55 bits per heavy atom. The number of hydrogen-bond acceptors (Lipinski definition) is 5. The molecule has 0 radical (unpaired) electrons. The Kier molecular flexibility index (Phi) is 5.33. The van der Waals surface area contributed by atoms with Crippen LogP contribution in [-0.2, 0) is 4.79 Å². The molecule has 29 heavy (non-hydrogen) atoms. The van der Waals surface area contributed by atoms with E-state index in [0.29, 0.717) is 23.7 Å². The summed E-state index contributed by atoms with van der Waals surface area (Å²) in [6, 6.07) is 18.7. The molecule has 1 amide bonds. The number of furan rings is 1. The molecule has 0 bridgehead atoms. The molecule has 2 heterocycles. The van der Waals surface area contributed by atoms with Crippen LogP contribution in [0.2, 0.25) is 0 Å². The maximum absolute atomic E-state index is 13.0. The summed E-state index contributed by atoms with van der Waals surface area (Å²) in [6.07, 6.45) is 2.18. The van der Waals surface area contributed by atoms with E-state index in [1.165, 1.54) is 10.6 Å². The third kappa shape index (κ3) is 4.01. The molecule has 0 spiro atoms. The normalized spacial score (nSPS) is 15.9. The first-order valence-corrected chi connectivity index (χ1v) is 9.41. The van der Waals surface area contributed by atoms with Crippen LogP contribution in [0.1, 0.15) is 29.3 Å². The molecular weight excluding hydrogens is 368 g/mol. The Morgan fingerprint density at radius 1 is 1.10 bits per heavy atom. The van der Waals surface area contributed by atoms with E-state index in [9.17, 15) is 4.79 Å². The number of carbonyl (C=O) groups excluding carboxylic acids is 1. The number of amides is 1. The van der Waals surface area contributed by atoms with Crippen molar-refractivity contribution in [3.8, 4) is 11.5 Å². The lowest BCUT2D eigenvalue weighted by atomic mass is 10.0. The van der Waals surface area contributed by atoms with E-state index < -0.39 is 0 Å². The molecule has 0 saturated carbocycles. The summed E-state index contributed by atoms with van der Waals surface area (Å²) in [4.78, 5) is 13.0. The second-order valence-electron chi connectivity index (χ2n) is 6.83. The summed E-state index contributed by atoms with van der Waals surface area (Å²) in [5.74, 6) is 1.54. The Morgan fingerprint density at radius 2 is 1.86 bits per heavy atom. The summed E-state index contributed by atoms with van der Waals surface area (Å²) < 4.78 is 16.6. The highest BCUT2D eigenvalue weighted by molar-refractivity contribution is 6.03. The molecule has 1 atom stereocenters. The summed E-state index contributed by atoms with van der Waals surface area (Å²) in [5, 5.41) is 6.07. The van der Waals surface area contributed by atoms with Crippen LogP contribution in [0.4, 0.5) is 0 Å². The van der Waals surface area contributed by atoms with Crippen LogP contribution in [0.3, 0.4) is 0 Å². The average molecular weight is 390 g/mol. The number of hydrazone groups is 1. The van der Waals surface area contributed by atoms with Crippen LogP contribution < -0.4 is 9.47 Å². The van der Waals surface area contributed by atoms with Crippen LogP contribution in [0.15, 0.2) is 76.4 Å². The molecule has 1 aromatic heterocycles. The van der Waals surface area contributed by atoms with Gasteiger partial charge in [-0.1, -0.05) is 42.0 Å². The van der Waals surface area contributed by atoms with Gasteiger partial charge >= 0.3 is 0 Å². The number of para-hydroxylation sites is 2. The van der Waals surface area contributed by atoms with Gasteiger partial charge in [0.05, 0.1) is 19.1 Å². The molecule has 6 nitrogen and oxygen atoms in total. The molecule has 0 N–H and O–H groups in total. The third-order valence-corrected chi connectivity index (χ3v) is 4.84. The Hall–Kier alpha value is -3.54. The van der Waals surface area contributed by atoms with E-state index in [1.54, 1.807) is 25.5 Å². The summed E-state index contributed by atoms with van der Waals surface area (Å²) in [6.45, 7) is 1.89. The Bertz CT molecular complexity index is 1010. The van der Waals surface area contributed by atoms with E-state index in [4.69, 9.17) is 13.9 Å². The van der Waals surface area contributed by atoms with Crippen molar-refractivity contribution in [1.82, 2.24) is 5.01 Å². The van der Waals surface area contributed by atoms with Crippen molar-refractivity contribution < 1.29 is 18.7 Å². The topological polar surface area (TPSA) is 64.3 Å². The number of rotatable bonds is 6. The molecule has 2 aromatic carbocycles. The van der Waals surface area contributed by atoms with E-state index >= 15 is 0 Å². The van der Waals surface area contributed by atoms with Gasteiger partial charge in [-0.25, -0.2) is 5.01 Å². The SMILES string of the molecule is COc1ccccc1OCC(=O)N1N=C(c2ccc(C)cc2)C[C@H]1c1ccco1. The van der Waals surface area contributed by atoms with Crippen LogP contribution >= 0.6 is 0 Å². The highest BCUT2D eigenvalue weighted by atomic mass is 16.5. The number of hydrogen-bond donors (Lipinski definition) is 0. The molecule has 1 aliphatic rings. The fourth-order valence-corrected chi connectivity index (χ4v) is 3.31. The quantitative estimate of drug-likeness (QED) is 0.628. The molecular formula is C23H22N2O4. The van der Waals surface area contributed by atoms with Crippen molar-refractivity contribution in [3.63, 3.8) is 0 Å². The lowest BCUT2D eigenvalue weighted by Crippen LogP contribution is -2.31. The van der Waals surface area contributed by atoms with Gasteiger partial charge in [0.25, 0.3) is 5.91 Å². The zero-order chi connectivity index (χ0) is 20.2. The van der Waals surface area contributed by atoms with Crippen molar-refractivity contribution in [2.24, 2.45) is 5.10 Å². The Balaban J connectivity index is 1.55. The molecule has 0 saturated heterocycles. The molecule has 0 unspecified atom stereocenters. The first kappa shape index (κ1) is 18.8. The van der Waals surface area contributed by atoms with Gasteiger partial charge in [0, 0.05) is 6.42 Å². The van der Waals surface area contributed by atoms with Crippen molar-refractivity contribution in [2.75, 3.05) is 13.7 Å². The molecule has 3 aromatic rings. The van der Waals surface area contributed by atoms with Crippen LogP contribution in [0.25, 0.3) is 0 Å². The number of ether oxygens (including phenoxy) is 2. The Labute approximate surface area is 169 Å². The van der Waals surface area contributed by atoms with Gasteiger partial charge in [0.15, 0.2) is 18.1 Å². The molecule has 1 aliphatic heterocycles. The van der Waals surface area contributed by atoms with Crippen molar-refractivity contribution in [3.05, 3.63) is 83.8 Å². The molecule has 148 valence electrons. The predicted octanol–water partition coefficient (Wildman–Crippen LogP) is 4.35.